The molecule has 1 heterocycles. The Morgan fingerprint density at radius 1 is 0.938 bits per heavy atom. The van der Waals surface area contributed by atoms with Crippen LogP contribution in [0.4, 0.5) is 5.69 Å². The molecule has 32 heavy (non-hydrogen) atoms. The molecule has 4 nitrogen and oxygen atoms in total. The first kappa shape index (κ1) is 22.0. The second-order valence-electron chi connectivity index (χ2n) is 8.80. The lowest BCUT2D eigenvalue weighted by atomic mass is 9.85. The van der Waals surface area contributed by atoms with Crippen LogP contribution in [0.5, 0.6) is 0 Å². The summed E-state index contributed by atoms with van der Waals surface area (Å²) in [6.07, 6.45) is 1.35. The predicted molar refractivity (Wildman–Crippen MR) is 127 cm³/mol. The van der Waals surface area contributed by atoms with E-state index in [1.165, 1.54) is 5.56 Å². The SMILES string of the molecule is Cc1cc(C)c(C(=O)CC2(O)C(=O)N(CCCc3ccccc3)c3ccccc32)c(C)c1. The number of rotatable bonds is 7. The monoisotopic (exact) mass is 427 g/mol. The van der Waals surface area contributed by atoms with Crippen LogP contribution in [0.1, 0.15) is 51.0 Å². The van der Waals surface area contributed by atoms with Gasteiger partial charge in [-0.15, -0.1) is 0 Å². The fraction of sp³-hybridized carbons (Fsp3) is 0.286. The molecular weight excluding hydrogens is 398 g/mol. The van der Waals surface area contributed by atoms with Crippen LogP contribution in [0.15, 0.2) is 66.7 Å². The summed E-state index contributed by atoms with van der Waals surface area (Å²) in [5.41, 5.74) is 3.99. The Labute approximate surface area is 189 Å². The van der Waals surface area contributed by atoms with Gasteiger partial charge in [-0.3, -0.25) is 9.59 Å². The minimum atomic E-state index is -1.84. The molecule has 0 saturated carbocycles. The van der Waals surface area contributed by atoms with Gasteiger partial charge in [-0.25, -0.2) is 0 Å². The van der Waals surface area contributed by atoms with E-state index in [9.17, 15) is 14.7 Å². The van der Waals surface area contributed by atoms with Gasteiger partial charge in [0.1, 0.15) is 0 Å². The van der Waals surface area contributed by atoms with Gasteiger partial charge in [0.2, 0.25) is 0 Å². The Morgan fingerprint density at radius 2 is 1.56 bits per heavy atom. The molecule has 164 valence electrons. The lowest BCUT2D eigenvalue weighted by molar-refractivity contribution is -0.135. The molecule has 0 spiro atoms. The van der Waals surface area contributed by atoms with Crippen molar-refractivity contribution in [2.75, 3.05) is 11.4 Å². The molecule has 0 radical (unpaired) electrons. The third-order valence-corrected chi connectivity index (χ3v) is 6.30. The summed E-state index contributed by atoms with van der Waals surface area (Å²) in [6, 6.07) is 21.3. The number of carbonyl (C=O) groups excluding carboxylic acids is 2. The zero-order chi connectivity index (χ0) is 22.9. The lowest BCUT2D eigenvalue weighted by Crippen LogP contribution is -2.42. The molecule has 1 amide bonds. The maximum atomic E-state index is 13.4. The number of Topliss-reactive ketones (excluding diaryl/α,β-unsaturated/α-hetero) is 1. The molecule has 3 aromatic rings. The fourth-order valence-electron chi connectivity index (χ4n) is 4.93. The van der Waals surface area contributed by atoms with Crippen molar-refractivity contribution in [3.8, 4) is 0 Å². The summed E-state index contributed by atoms with van der Waals surface area (Å²) >= 11 is 0. The number of fused-ring (bicyclic) bond motifs is 1. The molecule has 3 aromatic carbocycles. The Kier molecular flexibility index (Phi) is 5.98. The van der Waals surface area contributed by atoms with Crippen LogP contribution in [0.2, 0.25) is 0 Å². The normalized spacial score (nSPS) is 17.5. The van der Waals surface area contributed by atoms with Crippen molar-refractivity contribution >= 4 is 17.4 Å². The summed E-state index contributed by atoms with van der Waals surface area (Å²) in [5.74, 6) is -0.626. The number of carbonyl (C=O) groups is 2. The van der Waals surface area contributed by atoms with Gasteiger partial charge in [0.05, 0.1) is 12.1 Å². The summed E-state index contributed by atoms with van der Waals surface area (Å²) in [7, 11) is 0. The van der Waals surface area contributed by atoms with Crippen LogP contribution in [0.25, 0.3) is 0 Å². The number of anilines is 1. The van der Waals surface area contributed by atoms with Crippen LogP contribution in [-0.4, -0.2) is 23.3 Å². The molecule has 1 atom stereocenters. The summed E-state index contributed by atoms with van der Waals surface area (Å²) in [4.78, 5) is 28.4. The zero-order valence-corrected chi connectivity index (χ0v) is 18.9. The maximum absolute atomic E-state index is 13.4. The second-order valence-corrected chi connectivity index (χ2v) is 8.80. The summed E-state index contributed by atoms with van der Waals surface area (Å²) in [5, 5.41) is 11.6. The minimum absolute atomic E-state index is 0.211. The van der Waals surface area contributed by atoms with Gasteiger partial charge < -0.3 is 10.0 Å². The van der Waals surface area contributed by atoms with Gasteiger partial charge in [0, 0.05) is 17.7 Å². The number of aryl methyl sites for hydroxylation is 4. The van der Waals surface area contributed by atoms with E-state index in [-0.39, 0.29) is 12.2 Å². The average molecular weight is 428 g/mol. The van der Waals surface area contributed by atoms with Crippen molar-refractivity contribution in [3.63, 3.8) is 0 Å². The second kappa shape index (κ2) is 8.71. The molecule has 0 aliphatic carbocycles. The van der Waals surface area contributed by atoms with E-state index in [4.69, 9.17) is 0 Å². The largest absolute Gasteiger partial charge is 0.375 e. The smallest absolute Gasteiger partial charge is 0.264 e. The first-order valence-corrected chi connectivity index (χ1v) is 11.1. The Balaban J connectivity index is 1.58. The van der Waals surface area contributed by atoms with Crippen molar-refractivity contribution < 1.29 is 14.7 Å². The van der Waals surface area contributed by atoms with Crippen molar-refractivity contribution in [1.82, 2.24) is 0 Å². The molecule has 4 rings (SSSR count). The standard InChI is InChI=1S/C28H29NO3/c1-19-16-20(2)26(21(3)17-19)25(30)18-28(32)23-13-7-8-14-24(23)29(27(28)31)15-9-12-22-10-5-4-6-11-22/h4-8,10-11,13-14,16-17,32H,9,12,15,18H2,1-3H3. The topological polar surface area (TPSA) is 57.6 Å². The minimum Gasteiger partial charge on any atom is -0.375 e. The molecule has 1 aliphatic rings. The van der Waals surface area contributed by atoms with Crippen LogP contribution in [-0.2, 0) is 16.8 Å². The summed E-state index contributed by atoms with van der Waals surface area (Å²) < 4.78 is 0. The first-order valence-electron chi connectivity index (χ1n) is 11.1. The number of amides is 1. The van der Waals surface area contributed by atoms with Crippen molar-refractivity contribution in [2.45, 2.75) is 45.6 Å². The fourth-order valence-corrected chi connectivity index (χ4v) is 4.93. The first-order chi connectivity index (χ1) is 15.3. The van der Waals surface area contributed by atoms with E-state index in [2.05, 4.69) is 12.1 Å². The Hall–Kier alpha value is -3.24. The van der Waals surface area contributed by atoms with Gasteiger partial charge in [0.15, 0.2) is 11.4 Å². The number of benzene rings is 3. The van der Waals surface area contributed by atoms with Gasteiger partial charge in [-0.05, 0) is 56.4 Å². The van der Waals surface area contributed by atoms with Crippen molar-refractivity contribution in [2.24, 2.45) is 0 Å². The molecule has 1 unspecified atom stereocenters. The molecule has 0 aromatic heterocycles. The number of nitrogens with zero attached hydrogens (tertiary/aromatic N) is 1. The number of para-hydroxylation sites is 1. The quantitative estimate of drug-likeness (QED) is 0.537. The highest BCUT2D eigenvalue weighted by molar-refractivity contribution is 6.11. The van der Waals surface area contributed by atoms with Crippen molar-refractivity contribution in [3.05, 3.63) is 100 Å². The van der Waals surface area contributed by atoms with Crippen molar-refractivity contribution in [1.29, 1.82) is 0 Å². The average Bonchev–Trinajstić information content (AvgIpc) is 2.95. The van der Waals surface area contributed by atoms with E-state index < -0.39 is 11.5 Å². The van der Waals surface area contributed by atoms with Crippen LogP contribution < -0.4 is 4.90 Å². The highest BCUT2D eigenvalue weighted by atomic mass is 16.3. The highest BCUT2D eigenvalue weighted by Crippen LogP contribution is 2.43. The molecule has 4 heteroatoms. The number of hydrogen-bond acceptors (Lipinski definition) is 3. The molecule has 0 fully saturated rings. The number of aliphatic hydroxyl groups is 1. The molecule has 1 N–H and O–H groups in total. The Bertz CT molecular complexity index is 1150. The number of hydrogen-bond donors (Lipinski definition) is 1. The van der Waals surface area contributed by atoms with Gasteiger partial charge in [-0.2, -0.15) is 0 Å². The third kappa shape index (κ3) is 3.98. The zero-order valence-electron chi connectivity index (χ0n) is 18.9. The van der Waals surface area contributed by atoms with Crippen LogP contribution >= 0.6 is 0 Å². The van der Waals surface area contributed by atoms with E-state index in [1.54, 1.807) is 17.0 Å². The lowest BCUT2D eigenvalue weighted by Gasteiger charge is -2.23. The summed E-state index contributed by atoms with van der Waals surface area (Å²) in [6.45, 7) is 6.28. The van der Waals surface area contributed by atoms with E-state index in [1.807, 2.05) is 63.2 Å². The van der Waals surface area contributed by atoms with Crippen LogP contribution in [0, 0.1) is 20.8 Å². The van der Waals surface area contributed by atoms with Crippen LogP contribution in [0.3, 0.4) is 0 Å². The molecule has 1 aliphatic heterocycles. The van der Waals surface area contributed by atoms with E-state index in [0.717, 1.165) is 29.5 Å². The number of ketones is 1. The molecular formula is C28H29NO3. The maximum Gasteiger partial charge on any atom is 0.264 e. The molecule has 0 bridgehead atoms. The molecule has 0 saturated heterocycles. The van der Waals surface area contributed by atoms with Gasteiger partial charge in [-0.1, -0.05) is 66.2 Å². The Morgan fingerprint density at radius 3 is 2.25 bits per heavy atom. The van der Waals surface area contributed by atoms with E-state index >= 15 is 0 Å². The van der Waals surface area contributed by atoms with E-state index in [0.29, 0.717) is 23.4 Å². The predicted octanol–water partition coefficient (Wildman–Crippen LogP) is 5.05. The van der Waals surface area contributed by atoms with Gasteiger partial charge >= 0.3 is 0 Å². The third-order valence-electron chi connectivity index (χ3n) is 6.30. The highest BCUT2D eigenvalue weighted by Gasteiger charge is 2.50. The van der Waals surface area contributed by atoms with Gasteiger partial charge in [0.25, 0.3) is 5.91 Å².